The van der Waals surface area contributed by atoms with Gasteiger partial charge < -0.3 is 4.74 Å². The fourth-order valence-electron chi connectivity index (χ4n) is 3.05. The number of alkyl carbamates (subject to hydrolysis) is 1. The number of benzene rings is 1. The van der Waals surface area contributed by atoms with Gasteiger partial charge in [0.15, 0.2) is 6.10 Å². The molecule has 22 heavy (non-hydrogen) atoms. The fourth-order valence-corrected chi connectivity index (χ4v) is 3.36. The molecule has 3 aliphatic rings. The van der Waals surface area contributed by atoms with Crippen LogP contribution in [0.2, 0.25) is 0 Å². The molecule has 6 heteroatoms. The molecule has 0 aromatic heterocycles. The average Bonchev–Trinajstić information content (AvgIpc) is 2.83. The number of halogens is 2. The Hall–Kier alpha value is -2.40. The number of ether oxygens (including phenoxy) is 1. The van der Waals surface area contributed by atoms with E-state index in [0.29, 0.717) is 11.1 Å². The first-order valence-corrected chi connectivity index (χ1v) is 7.04. The number of rotatable bonds is 2. The fraction of sp³-hybridized carbons (Fsp3) is 0.125. The molecule has 2 unspecified atom stereocenters. The zero-order chi connectivity index (χ0) is 15.4. The molecule has 2 aliphatic carbocycles. The Kier molecular flexibility index (Phi) is 2.74. The Bertz CT molecular complexity index is 804. The number of hydrogen-bond donors (Lipinski definition) is 1. The summed E-state index contributed by atoms with van der Waals surface area (Å²) in [5.41, 5.74) is 1.99. The molecule has 1 saturated heterocycles. The van der Waals surface area contributed by atoms with Crippen molar-refractivity contribution in [3.05, 3.63) is 64.0 Å². The third-order valence-electron chi connectivity index (χ3n) is 4.02. The van der Waals surface area contributed by atoms with E-state index in [4.69, 9.17) is 16.3 Å². The summed E-state index contributed by atoms with van der Waals surface area (Å²) in [7, 11) is 0. The first-order chi connectivity index (χ1) is 10.6. The highest BCUT2D eigenvalue weighted by molar-refractivity contribution is 6.33. The molecule has 0 radical (unpaired) electrons. The molecule has 110 valence electrons. The first kappa shape index (κ1) is 13.3. The van der Waals surface area contributed by atoms with Crippen LogP contribution in [0, 0.1) is 5.92 Å². The Morgan fingerprint density at radius 2 is 1.86 bits per heavy atom. The molecule has 1 aliphatic heterocycles. The van der Waals surface area contributed by atoms with Crippen molar-refractivity contribution in [2.24, 2.45) is 5.92 Å². The summed E-state index contributed by atoms with van der Waals surface area (Å²) >= 11 is 6.16. The second-order valence-corrected chi connectivity index (χ2v) is 5.61. The lowest BCUT2D eigenvalue weighted by molar-refractivity contribution is -0.124. The van der Waals surface area contributed by atoms with Crippen molar-refractivity contribution < 1.29 is 18.7 Å². The predicted octanol–water partition coefficient (Wildman–Crippen LogP) is 3.06. The van der Waals surface area contributed by atoms with Crippen LogP contribution in [0.3, 0.4) is 0 Å². The lowest BCUT2D eigenvalue weighted by atomic mass is 9.67. The van der Waals surface area contributed by atoms with E-state index in [0.717, 1.165) is 5.56 Å². The van der Waals surface area contributed by atoms with E-state index in [2.05, 4.69) is 5.32 Å². The van der Waals surface area contributed by atoms with Gasteiger partial charge in [-0.2, -0.15) is 0 Å². The number of cyclic esters (lactones) is 1. The van der Waals surface area contributed by atoms with Gasteiger partial charge in [-0.15, -0.1) is 0 Å². The van der Waals surface area contributed by atoms with Gasteiger partial charge in [-0.05, 0) is 17.2 Å². The maximum atomic E-state index is 14.4. The second-order valence-electron chi connectivity index (χ2n) is 5.21. The molecule has 0 spiro atoms. The molecule has 4 rings (SSSR count). The Labute approximate surface area is 129 Å². The lowest BCUT2D eigenvalue weighted by Gasteiger charge is -2.39. The highest BCUT2D eigenvalue weighted by Crippen LogP contribution is 2.56. The summed E-state index contributed by atoms with van der Waals surface area (Å²) in [6.45, 7) is 0. The van der Waals surface area contributed by atoms with Crippen LogP contribution in [-0.2, 0) is 9.53 Å². The van der Waals surface area contributed by atoms with Crippen molar-refractivity contribution in [3.63, 3.8) is 0 Å². The second kappa shape index (κ2) is 4.55. The molecule has 0 saturated carbocycles. The molecule has 2 amide bonds. The van der Waals surface area contributed by atoms with Crippen LogP contribution in [0.4, 0.5) is 9.18 Å². The van der Waals surface area contributed by atoms with Crippen LogP contribution in [0.5, 0.6) is 0 Å². The van der Waals surface area contributed by atoms with Crippen LogP contribution in [0.15, 0.2) is 58.4 Å². The van der Waals surface area contributed by atoms with Gasteiger partial charge in [-0.25, -0.2) is 9.18 Å². The van der Waals surface area contributed by atoms with Crippen molar-refractivity contribution >= 4 is 29.2 Å². The number of carbonyl (C=O) groups is 2. The van der Waals surface area contributed by atoms with Crippen LogP contribution in [0.25, 0.3) is 5.57 Å². The molecule has 1 aromatic rings. The molecule has 4 nitrogen and oxygen atoms in total. The summed E-state index contributed by atoms with van der Waals surface area (Å²) in [6.07, 6.45) is -0.211. The van der Waals surface area contributed by atoms with Crippen molar-refractivity contribution in [2.45, 2.75) is 6.10 Å². The number of amides is 2. The minimum atomic E-state index is -1.07. The molecule has 2 bridgehead atoms. The van der Waals surface area contributed by atoms with Gasteiger partial charge in [0.2, 0.25) is 0 Å². The third-order valence-corrected chi connectivity index (χ3v) is 4.33. The predicted molar refractivity (Wildman–Crippen MR) is 77.3 cm³/mol. The SMILES string of the molecule is O=C1NC(=O)C(C2c3c(Cl)cc(-c4ccccc4)c2c3F)O1. The maximum absolute atomic E-state index is 14.4. The van der Waals surface area contributed by atoms with E-state index in [9.17, 15) is 14.0 Å². The topological polar surface area (TPSA) is 55.4 Å². The highest BCUT2D eigenvalue weighted by Gasteiger charge is 2.52. The Balaban J connectivity index is 1.79. The monoisotopic (exact) mass is 317 g/mol. The van der Waals surface area contributed by atoms with Crippen LogP contribution >= 0.6 is 11.6 Å². The number of imide groups is 1. The van der Waals surface area contributed by atoms with Gasteiger partial charge in [-0.1, -0.05) is 41.9 Å². The van der Waals surface area contributed by atoms with Crippen molar-refractivity contribution in [1.29, 1.82) is 0 Å². The maximum Gasteiger partial charge on any atom is 0.414 e. The molecule has 1 aromatic carbocycles. The first-order valence-electron chi connectivity index (χ1n) is 6.66. The van der Waals surface area contributed by atoms with Crippen molar-refractivity contribution in [3.8, 4) is 0 Å². The quantitative estimate of drug-likeness (QED) is 0.912. The van der Waals surface area contributed by atoms with E-state index < -0.39 is 29.8 Å². The number of nitrogens with one attached hydrogen (secondary N) is 1. The average molecular weight is 318 g/mol. The Morgan fingerprint density at radius 3 is 2.45 bits per heavy atom. The van der Waals surface area contributed by atoms with Crippen LogP contribution in [-0.4, -0.2) is 18.1 Å². The van der Waals surface area contributed by atoms with Crippen molar-refractivity contribution in [1.82, 2.24) is 5.32 Å². The van der Waals surface area contributed by atoms with Gasteiger partial charge >= 0.3 is 6.09 Å². The molecule has 1 fully saturated rings. The van der Waals surface area contributed by atoms with Crippen LogP contribution in [0.1, 0.15) is 5.56 Å². The molecule has 1 heterocycles. The van der Waals surface area contributed by atoms with Gasteiger partial charge in [0.1, 0.15) is 5.83 Å². The number of allylic oxidation sites excluding steroid dienone is 4. The molecule has 2 atom stereocenters. The van der Waals surface area contributed by atoms with Gasteiger partial charge in [0, 0.05) is 16.2 Å². The van der Waals surface area contributed by atoms with Gasteiger partial charge in [-0.3, -0.25) is 10.1 Å². The largest absolute Gasteiger partial charge is 0.435 e. The van der Waals surface area contributed by atoms with Crippen LogP contribution < -0.4 is 5.32 Å². The Morgan fingerprint density at radius 1 is 1.14 bits per heavy atom. The highest BCUT2D eigenvalue weighted by atomic mass is 35.5. The number of hydrogen-bond acceptors (Lipinski definition) is 3. The summed E-state index contributed by atoms with van der Waals surface area (Å²) < 4.78 is 19.3. The summed E-state index contributed by atoms with van der Waals surface area (Å²) in [4.78, 5) is 23.0. The minimum absolute atomic E-state index is 0.228. The van der Waals surface area contributed by atoms with E-state index >= 15 is 0 Å². The number of carbonyl (C=O) groups excluding carboxylic acids is 2. The third kappa shape index (κ3) is 1.69. The molecular formula is C16H9ClFNO3. The zero-order valence-corrected chi connectivity index (χ0v) is 11.9. The smallest absolute Gasteiger partial charge is 0.414 e. The lowest BCUT2D eigenvalue weighted by Crippen LogP contribution is -2.40. The molecular weight excluding hydrogens is 309 g/mol. The normalized spacial score (nSPS) is 26.5. The van der Waals surface area contributed by atoms with E-state index in [-0.39, 0.29) is 10.6 Å². The summed E-state index contributed by atoms with van der Waals surface area (Å²) in [5.74, 6) is -1.66. The minimum Gasteiger partial charge on any atom is -0.435 e. The van der Waals surface area contributed by atoms with Gasteiger partial charge in [0.25, 0.3) is 5.91 Å². The van der Waals surface area contributed by atoms with E-state index in [1.54, 1.807) is 6.08 Å². The number of fused-ring (bicyclic) bond motifs is 2. The molecule has 1 N–H and O–H groups in total. The standard InChI is InChI=1S/C16H9ClFNO3/c17-9-6-8(7-4-2-1-3-5-7)10-12(11(9)13(10)18)14-15(20)19-16(21)22-14/h1-6,12,14H,(H,19,20,21). The summed E-state index contributed by atoms with van der Waals surface area (Å²) in [6, 6.07) is 9.18. The summed E-state index contributed by atoms with van der Waals surface area (Å²) in [5, 5.41) is 2.29. The van der Waals surface area contributed by atoms with Gasteiger partial charge in [0.05, 0.1) is 5.92 Å². The van der Waals surface area contributed by atoms with Crippen molar-refractivity contribution in [2.75, 3.05) is 0 Å². The van der Waals surface area contributed by atoms with E-state index in [1.807, 2.05) is 30.3 Å². The van der Waals surface area contributed by atoms with E-state index in [1.165, 1.54) is 0 Å². The zero-order valence-electron chi connectivity index (χ0n) is 11.1.